The molecule has 4 nitrogen and oxygen atoms in total. The van der Waals surface area contributed by atoms with Crippen molar-refractivity contribution in [3.05, 3.63) is 35.9 Å². The van der Waals surface area contributed by atoms with Crippen molar-refractivity contribution in [3.63, 3.8) is 0 Å². The van der Waals surface area contributed by atoms with Crippen LogP contribution in [-0.2, 0) is 15.2 Å². The molecule has 0 spiro atoms. The van der Waals surface area contributed by atoms with Crippen molar-refractivity contribution in [2.75, 3.05) is 14.2 Å². The van der Waals surface area contributed by atoms with Crippen LogP contribution in [0.15, 0.2) is 30.3 Å². The molecule has 1 atom stereocenters. The first-order valence-corrected chi connectivity index (χ1v) is 4.67. The second-order valence-corrected chi connectivity index (χ2v) is 3.55. The Labute approximate surface area is 89.6 Å². The summed E-state index contributed by atoms with van der Waals surface area (Å²) in [6.45, 7) is 1.67. The SMILES string of the molecule is CON(C)C(=O)C(C)(N)c1ccccc1. The van der Waals surface area contributed by atoms with Crippen LogP contribution in [0.3, 0.4) is 0 Å². The average Bonchev–Trinajstić information content (AvgIpc) is 2.28. The van der Waals surface area contributed by atoms with Crippen LogP contribution in [0, 0.1) is 0 Å². The second-order valence-electron chi connectivity index (χ2n) is 3.55. The number of hydroxylamine groups is 2. The molecule has 0 aliphatic heterocycles. The number of amides is 1. The molecule has 2 N–H and O–H groups in total. The zero-order valence-corrected chi connectivity index (χ0v) is 9.23. The van der Waals surface area contributed by atoms with Gasteiger partial charge in [0, 0.05) is 7.05 Å². The number of hydrogen-bond donors (Lipinski definition) is 1. The first-order chi connectivity index (χ1) is 7.00. The maximum atomic E-state index is 11.9. The predicted octanol–water partition coefficient (Wildman–Crippen LogP) is 0.880. The summed E-state index contributed by atoms with van der Waals surface area (Å²) in [5, 5.41) is 1.13. The Balaban J connectivity index is 2.98. The Hall–Kier alpha value is -1.39. The fourth-order valence-electron chi connectivity index (χ4n) is 1.32. The number of nitrogens with zero attached hydrogens (tertiary/aromatic N) is 1. The summed E-state index contributed by atoms with van der Waals surface area (Å²) in [6.07, 6.45) is 0. The van der Waals surface area contributed by atoms with Crippen LogP contribution in [0.1, 0.15) is 12.5 Å². The number of rotatable bonds is 3. The fraction of sp³-hybridized carbons (Fsp3) is 0.364. The minimum Gasteiger partial charge on any atom is -0.314 e. The van der Waals surface area contributed by atoms with Crippen molar-refractivity contribution < 1.29 is 9.63 Å². The molecule has 82 valence electrons. The summed E-state index contributed by atoms with van der Waals surface area (Å²) in [7, 11) is 2.97. The van der Waals surface area contributed by atoms with Crippen LogP contribution >= 0.6 is 0 Å². The van der Waals surface area contributed by atoms with E-state index in [-0.39, 0.29) is 5.91 Å². The maximum absolute atomic E-state index is 11.9. The highest BCUT2D eigenvalue weighted by Gasteiger charge is 2.33. The van der Waals surface area contributed by atoms with Crippen molar-refractivity contribution >= 4 is 5.91 Å². The van der Waals surface area contributed by atoms with Crippen LogP contribution in [-0.4, -0.2) is 25.1 Å². The summed E-state index contributed by atoms with van der Waals surface area (Å²) in [5.41, 5.74) is 5.69. The topological polar surface area (TPSA) is 55.6 Å². The van der Waals surface area contributed by atoms with E-state index in [4.69, 9.17) is 10.6 Å². The lowest BCUT2D eigenvalue weighted by atomic mass is 9.92. The Bertz CT molecular complexity index is 336. The minimum atomic E-state index is -1.06. The van der Waals surface area contributed by atoms with E-state index in [9.17, 15) is 4.79 Å². The molecule has 0 aromatic heterocycles. The van der Waals surface area contributed by atoms with E-state index in [0.717, 1.165) is 10.6 Å². The molecule has 0 aliphatic rings. The maximum Gasteiger partial charge on any atom is 0.270 e. The molecule has 1 rings (SSSR count). The summed E-state index contributed by atoms with van der Waals surface area (Å²) in [5.74, 6) is -0.281. The van der Waals surface area contributed by atoms with Crippen molar-refractivity contribution in [2.24, 2.45) is 5.73 Å². The smallest absolute Gasteiger partial charge is 0.270 e. The van der Waals surface area contributed by atoms with Crippen molar-refractivity contribution in [3.8, 4) is 0 Å². The van der Waals surface area contributed by atoms with Crippen LogP contribution in [0.5, 0.6) is 0 Å². The summed E-state index contributed by atoms with van der Waals surface area (Å²) >= 11 is 0. The number of likely N-dealkylation sites (N-methyl/N-ethyl adjacent to an activating group) is 1. The molecule has 15 heavy (non-hydrogen) atoms. The van der Waals surface area contributed by atoms with Crippen LogP contribution in [0.2, 0.25) is 0 Å². The van der Waals surface area contributed by atoms with Gasteiger partial charge >= 0.3 is 0 Å². The van der Waals surface area contributed by atoms with E-state index >= 15 is 0 Å². The second kappa shape index (κ2) is 4.42. The normalized spacial score (nSPS) is 14.4. The van der Waals surface area contributed by atoms with Gasteiger partial charge in [-0.1, -0.05) is 30.3 Å². The van der Waals surface area contributed by atoms with E-state index < -0.39 is 5.54 Å². The Morgan fingerprint density at radius 3 is 2.40 bits per heavy atom. The number of carbonyl (C=O) groups excluding carboxylic acids is 1. The average molecular weight is 208 g/mol. The molecule has 1 aromatic carbocycles. The van der Waals surface area contributed by atoms with Gasteiger partial charge in [-0.25, -0.2) is 5.06 Å². The van der Waals surface area contributed by atoms with Crippen LogP contribution in [0.4, 0.5) is 0 Å². The lowest BCUT2D eigenvalue weighted by molar-refractivity contribution is -0.174. The van der Waals surface area contributed by atoms with Crippen LogP contribution in [0.25, 0.3) is 0 Å². The zero-order chi connectivity index (χ0) is 11.5. The van der Waals surface area contributed by atoms with Crippen molar-refractivity contribution in [1.29, 1.82) is 0 Å². The number of hydrogen-bond acceptors (Lipinski definition) is 3. The van der Waals surface area contributed by atoms with Gasteiger partial charge in [0.1, 0.15) is 5.54 Å². The fourth-order valence-corrected chi connectivity index (χ4v) is 1.32. The molecular weight excluding hydrogens is 192 g/mol. The molecule has 1 unspecified atom stereocenters. The molecule has 0 heterocycles. The highest BCUT2D eigenvalue weighted by atomic mass is 16.7. The third kappa shape index (κ3) is 2.34. The van der Waals surface area contributed by atoms with Crippen LogP contribution < -0.4 is 5.73 Å². The molecular formula is C11H16N2O2. The van der Waals surface area contributed by atoms with Gasteiger partial charge in [0.2, 0.25) is 0 Å². The monoisotopic (exact) mass is 208 g/mol. The van der Waals surface area contributed by atoms with Gasteiger partial charge in [0.05, 0.1) is 7.11 Å². The van der Waals surface area contributed by atoms with Crippen molar-refractivity contribution in [1.82, 2.24) is 5.06 Å². The largest absolute Gasteiger partial charge is 0.314 e. The lowest BCUT2D eigenvalue weighted by Crippen LogP contribution is -2.49. The quantitative estimate of drug-likeness (QED) is 0.750. The third-order valence-corrected chi connectivity index (χ3v) is 2.38. The Morgan fingerprint density at radius 2 is 1.93 bits per heavy atom. The predicted molar refractivity (Wildman–Crippen MR) is 57.8 cm³/mol. The Morgan fingerprint density at radius 1 is 1.40 bits per heavy atom. The third-order valence-electron chi connectivity index (χ3n) is 2.38. The number of carbonyl (C=O) groups is 1. The first kappa shape index (κ1) is 11.7. The van der Waals surface area contributed by atoms with Crippen molar-refractivity contribution in [2.45, 2.75) is 12.5 Å². The van der Waals surface area contributed by atoms with E-state index in [1.165, 1.54) is 14.2 Å². The number of nitrogens with two attached hydrogens (primary N) is 1. The highest BCUT2D eigenvalue weighted by Crippen LogP contribution is 2.19. The van der Waals surface area contributed by atoms with Gasteiger partial charge in [-0.2, -0.15) is 0 Å². The van der Waals surface area contributed by atoms with Gasteiger partial charge in [0.15, 0.2) is 0 Å². The van der Waals surface area contributed by atoms with E-state index in [0.29, 0.717) is 0 Å². The molecule has 0 radical (unpaired) electrons. The molecule has 0 saturated carbocycles. The molecule has 0 bridgehead atoms. The summed E-state index contributed by atoms with van der Waals surface area (Å²) in [4.78, 5) is 16.7. The molecule has 1 aromatic rings. The van der Waals surface area contributed by atoms with Gasteiger partial charge in [-0.15, -0.1) is 0 Å². The van der Waals surface area contributed by atoms with E-state index in [1.54, 1.807) is 6.92 Å². The molecule has 0 aliphatic carbocycles. The zero-order valence-electron chi connectivity index (χ0n) is 9.23. The van der Waals surface area contributed by atoms with Gasteiger partial charge in [-0.3, -0.25) is 9.63 Å². The van der Waals surface area contributed by atoms with Gasteiger partial charge in [0.25, 0.3) is 5.91 Å². The standard InChI is InChI=1S/C11H16N2O2/c1-11(12,10(14)13(2)15-3)9-7-5-4-6-8-9/h4-8H,12H2,1-3H3. The van der Waals surface area contributed by atoms with E-state index in [1.807, 2.05) is 30.3 Å². The molecule has 4 heteroatoms. The molecule has 0 fully saturated rings. The number of benzene rings is 1. The molecule has 1 amide bonds. The summed E-state index contributed by atoms with van der Waals surface area (Å²) in [6, 6.07) is 9.22. The first-order valence-electron chi connectivity index (χ1n) is 4.67. The highest BCUT2D eigenvalue weighted by molar-refractivity contribution is 5.86. The Kier molecular flexibility index (Phi) is 3.44. The van der Waals surface area contributed by atoms with E-state index in [2.05, 4.69) is 0 Å². The van der Waals surface area contributed by atoms with Gasteiger partial charge in [-0.05, 0) is 12.5 Å². The minimum absolute atomic E-state index is 0.281. The lowest BCUT2D eigenvalue weighted by Gasteiger charge is -2.27. The summed E-state index contributed by atoms with van der Waals surface area (Å²) < 4.78 is 0. The molecule has 0 saturated heterocycles. The van der Waals surface area contributed by atoms with Gasteiger partial charge < -0.3 is 5.73 Å².